The molecule has 122 valence electrons. The van der Waals surface area contributed by atoms with Gasteiger partial charge in [-0.3, -0.25) is 9.59 Å². The van der Waals surface area contributed by atoms with E-state index < -0.39 is 0 Å². The van der Waals surface area contributed by atoms with Crippen LogP contribution < -0.4 is 5.73 Å². The molecule has 4 nitrogen and oxygen atoms in total. The number of nitrogens with zero attached hydrogens (tertiary/aromatic N) is 1. The Morgan fingerprint density at radius 2 is 1.82 bits per heavy atom. The maximum absolute atomic E-state index is 12.4. The summed E-state index contributed by atoms with van der Waals surface area (Å²) in [4.78, 5) is 26.3. The highest BCUT2D eigenvalue weighted by atomic mass is 35.5. The van der Waals surface area contributed by atoms with Crippen LogP contribution in [-0.2, 0) is 4.79 Å². The van der Waals surface area contributed by atoms with E-state index in [2.05, 4.69) is 0 Å². The number of benzene rings is 1. The number of carbonyl (C=O) groups is 2. The molecular weight excluding hydrogens is 323 g/mol. The molecule has 1 fully saturated rings. The summed E-state index contributed by atoms with van der Waals surface area (Å²) in [6.45, 7) is 3.47. The molecule has 1 aliphatic heterocycles. The molecule has 6 heteroatoms. The van der Waals surface area contributed by atoms with E-state index in [0.29, 0.717) is 43.1 Å². The summed E-state index contributed by atoms with van der Waals surface area (Å²) >= 11 is 5.83. The largest absolute Gasteiger partial charge is 0.342 e. The van der Waals surface area contributed by atoms with Crippen LogP contribution in [-0.4, -0.2) is 36.2 Å². The summed E-state index contributed by atoms with van der Waals surface area (Å²) in [5.74, 6) is 0.0810. The van der Waals surface area contributed by atoms with Crippen molar-refractivity contribution in [2.75, 3.05) is 19.6 Å². The van der Waals surface area contributed by atoms with Gasteiger partial charge in [0, 0.05) is 42.1 Å². The van der Waals surface area contributed by atoms with Crippen LogP contribution in [0.25, 0.3) is 0 Å². The average Bonchev–Trinajstić information content (AvgIpc) is 2.53. The van der Waals surface area contributed by atoms with Gasteiger partial charge >= 0.3 is 0 Å². The second kappa shape index (κ2) is 8.51. The summed E-state index contributed by atoms with van der Waals surface area (Å²) in [6, 6.07) is 6.99. The minimum atomic E-state index is -0.145. The molecule has 1 aliphatic rings. The first-order chi connectivity index (χ1) is 10.0. The van der Waals surface area contributed by atoms with Crippen LogP contribution in [0.1, 0.15) is 30.1 Å². The van der Waals surface area contributed by atoms with E-state index in [-0.39, 0.29) is 35.9 Å². The van der Waals surface area contributed by atoms with Crippen molar-refractivity contribution in [2.24, 2.45) is 17.6 Å². The number of hydrogen-bond acceptors (Lipinski definition) is 3. The van der Waals surface area contributed by atoms with Crippen molar-refractivity contribution in [1.29, 1.82) is 0 Å². The molecule has 0 bridgehead atoms. The topological polar surface area (TPSA) is 63.4 Å². The molecule has 1 aromatic rings. The third kappa shape index (κ3) is 4.45. The molecule has 0 spiro atoms. The van der Waals surface area contributed by atoms with Gasteiger partial charge in [0.2, 0.25) is 5.91 Å². The number of halogens is 2. The Balaban J connectivity index is 0.00000242. The van der Waals surface area contributed by atoms with Crippen molar-refractivity contribution in [3.8, 4) is 0 Å². The fraction of sp³-hybridized carbons (Fsp3) is 0.500. The van der Waals surface area contributed by atoms with Gasteiger partial charge in [-0.15, -0.1) is 12.4 Å². The van der Waals surface area contributed by atoms with Crippen LogP contribution in [0.4, 0.5) is 0 Å². The predicted octanol–water partition coefficient (Wildman–Crippen LogP) is 2.78. The normalized spacial score (nSPS) is 16.8. The Hall–Kier alpha value is -1.10. The second-order valence-corrected chi connectivity index (χ2v) is 6.04. The lowest BCUT2D eigenvalue weighted by Gasteiger charge is -2.32. The van der Waals surface area contributed by atoms with Crippen LogP contribution >= 0.6 is 24.0 Å². The molecule has 0 saturated carbocycles. The maximum Gasteiger partial charge on any atom is 0.226 e. The molecule has 1 atom stereocenters. The van der Waals surface area contributed by atoms with E-state index in [0.717, 1.165) is 0 Å². The summed E-state index contributed by atoms with van der Waals surface area (Å²) in [5, 5.41) is 0.628. The molecule has 2 rings (SSSR count). The lowest BCUT2D eigenvalue weighted by Crippen LogP contribution is -2.44. The molecule has 1 heterocycles. The first-order valence-corrected chi connectivity index (χ1v) is 7.69. The minimum Gasteiger partial charge on any atom is -0.342 e. The van der Waals surface area contributed by atoms with Gasteiger partial charge in [-0.05, 0) is 37.1 Å². The van der Waals surface area contributed by atoms with Crippen molar-refractivity contribution >= 4 is 35.7 Å². The van der Waals surface area contributed by atoms with E-state index in [1.807, 2.05) is 11.8 Å². The molecular formula is C16H22Cl2N2O2. The van der Waals surface area contributed by atoms with Crippen molar-refractivity contribution in [3.63, 3.8) is 0 Å². The summed E-state index contributed by atoms with van der Waals surface area (Å²) in [7, 11) is 0. The second-order valence-electron chi connectivity index (χ2n) is 5.61. The monoisotopic (exact) mass is 344 g/mol. The van der Waals surface area contributed by atoms with Gasteiger partial charge in [0.25, 0.3) is 0 Å². The third-order valence-electron chi connectivity index (χ3n) is 4.08. The Bertz CT molecular complexity index is 511. The number of hydrogen-bond donors (Lipinski definition) is 1. The number of Topliss-reactive ketones (excluding diaryl/α,β-unsaturated/α-hetero) is 1. The van der Waals surface area contributed by atoms with E-state index in [4.69, 9.17) is 17.3 Å². The zero-order valence-electron chi connectivity index (χ0n) is 12.6. The summed E-state index contributed by atoms with van der Waals surface area (Å²) < 4.78 is 0. The highest BCUT2D eigenvalue weighted by molar-refractivity contribution is 6.30. The molecule has 22 heavy (non-hydrogen) atoms. The molecule has 0 radical (unpaired) electrons. The van der Waals surface area contributed by atoms with Gasteiger partial charge in [0.1, 0.15) is 0 Å². The number of nitrogens with two attached hydrogens (primary N) is 1. The van der Waals surface area contributed by atoms with Crippen molar-refractivity contribution in [3.05, 3.63) is 34.9 Å². The van der Waals surface area contributed by atoms with E-state index in [9.17, 15) is 9.59 Å². The fourth-order valence-corrected chi connectivity index (χ4v) is 2.75. The predicted molar refractivity (Wildman–Crippen MR) is 90.6 cm³/mol. The number of rotatable bonds is 4. The number of carbonyl (C=O) groups excluding carboxylic acids is 2. The van der Waals surface area contributed by atoms with Crippen LogP contribution in [0.3, 0.4) is 0 Å². The molecule has 2 N–H and O–H groups in total. The quantitative estimate of drug-likeness (QED) is 0.854. The molecule has 0 aromatic heterocycles. The zero-order valence-corrected chi connectivity index (χ0v) is 14.2. The zero-order chi connectivity index (χ0) is 15.4. The van der Waals surface area contributed by atoms with E-state index in [1.54, 1.807) is 24.3 Å². The van der Waals surface area contributed by atoms with Crippen molar-refractivity contribution in [2.45, 2.75) is 19.8 Å². The van der Waals surface area contributed by atoms with Gasteiger partial charge in [0.15, 0.2) is 5.78 Å². The molecule has 1 aromatic carbocycles. The maximum atomic E-state index is 12.4. The fourth-order valence-electron chi connectivity index (χ4n) is 2.62. The molecule has 1 saturated heterocycles. The highest BCUT2D eigenvalue weighted by Gasteiger charge is 2.29. The van der Waals surface area contributed by atoms with Crippen molar-refractivity contribution < 1.29 is 9.59 Å². The van der Waals surface area contributed by atoms with Crippen LogP contribution in [0.5, 0.6) is 0 Å². The van der Waals surface area contributed by atoms with E-state index >= 15 is 0 Å². The van der Waals surface area contributed by atoms with Crippen LogP contribution in [0, 0.1) is 11.8 Å². The molecule has 1 unspecified atom stereocenters. The van der Waals surface area contributed by atoms with Crippen LogP contribution in [0.2, 0.25) is 5.02 Å². The number of likely N-dealkylation sites (tertiary alicyclic amines) is 1. The Kier molecular flexibility index (Phi) is 7.33. The highest BCUT2D eigenvalue weighted by Crippen LogP contribution is 2.23. The average molecular weight is 345 g/mol. The van der Waals surface area contributed by atoms with Gasteiger partial charge < -0.3 is 10.6 Å². The Morgan fingerprint density at radius 1 is 1.27 bits per heavy atom. The van der Waals surface area contributed by atoms with Crippen LogP contribution in [0.15, 0.2) is 24.3 Å². The summed E-state index contributed by atoms with van der Waals surface area (Å²) in [6.07, 6.45) is 1.43. The van der Waals surface area contributed by atoms with Gasteiger partial charge in [-0.25, -0.2) is 0 Å². The smallest absolute Gasteiger partial charge is 0.226 e. The first-order valence-electron chi connectivity index (χ1n) is 7.31. The number of piperidine rings is 1. The third-order valence-corrected chi connectivity index (χ3v) is 4.33. The molecule has 0 aliphatic carbocycles. The number of amides is 1. The van der Waals surface area contributed by atoms with Gasteiger partial charge in [-0.1, -0.05) is 18.5 Å². The van der Waals surface area contributed by atoms with Gasteiger partial charge in [0.05, 0.1) is 0 Å². The standard InChI is InChI=1S/C16H21ClN2O2.ClH/c1-11(10-18)16(21)19-8-6-13(7-9-19)15(20)12-2-4-14(17)5-3-12;/h2-5,11,13H,6-10,18H2,1H3;1H. The Labute approximate surface area is 142 Å². The summed E-state index contributed by atoms with van der Waals surface area (Å²) in [5.41, 5.74) is 6.22. The first kappa shape index (κ1) is 18.9. The van der Waals surface area contributed by atoms with Gasteiger partial charge in [-0.2, -0.15) is 0 Å². The lowest BCUT2D eigenvalue weighted by molar-refractivity contribution is -0.135. The Morgan fingerprint density at radius 3 is 2.32 bits per heavy atom. The molecule has 1 amide bonds. The number of ketones is 1. The van der Waals surface area contributed by atoms with Crippen molar-refractivity contribution in [1.82, 2.24) is 4.90 Å². The lowest BCUT2D eigenvalue weighted by atomic mass is 9.88. The SMILES string of the molecule is CC(CN)C(=O)N1CCC(C(=O)c2ccc(Cl)cc2)CC1.Cl. The van der Waals surface area contributed by atoms with E-state index in [1.165, 1.54) is 0 Å². The minimum absolute atomic E-state index is 0.